The van der Waals surface area contributed by atoms with Crippen LogP contribution < -0.4 is 0 Å². The van der Waals surface area contributed by atoms with Gasteiger partial charge in [-0.3, -0.25) is 19.2 Å². The number of ether oxygens (including phenoxy) is 4. The summed E-state index contributed by atoms with van der Waals surface area (Å²) < 4.78 is 20.3. The van der Waals surface area contributed by atoms with Crippen LogP contribution in [-0.4, -0.2) is 58.2 Å². The zero-order chi connectivity index (χ0) is 18.4. The molecule has 0 spiro atoms. The van der Waals surface area contributed by atoms with E-state index >= 15 is 0 Å². The molecule has 1 heterocycles. The highest BCUT2D eigenvalue weighted by Crippen LogP contribution is 2.40. The molecule has 8 nitrogen and oxygen atoms in total. The summed E-state index contributed by atoms with van der Waals surface area (Å²) in [5.41, 5.74) is 0. The maximum absolute atomic E-state index is 11.4. The van der Waals surface area contributed by atoms with E-state index in [1.165, 1.54) is 39.5 Å². The Morgan fingerprint density at radius 3 is 1.71 bits per heavy atom. The van der Waals surface area contributed by atoms with Crippen LogP contribution in [0.25, 0.3) is 0 Å². The second kappa shape index (κ2) is 9.26. The Labute approximate surface area is 152 Å². The van der Waals surface area contributed by atoms with E-state index in [9.17, 15) is 19.2 Å². The molecular formula is C14H19BrO8S. The minimum Gasteiger partial charge on any atom is -0.465 e. The molecule has 1 aliphatic heterocycles. The molecule has 1 aliphatic rings. The van der Waals surface area contributed by atoms with Gasteiger partial charge >= 0.3 is 23.9 Å². The van der Waals surface area contributed by atoms with E-state index in [0.29, 0.717) is 0 Å². The molecule has 0 unspecified atom stereocenters. The highest BCUT2D eigenvalue weighted by atomic mass is 79.9. The predicted octanol–water partition coefficient (Wildman–Crippen LogP) is 1.18. The molecule has 24 heavy (non-hydrogen) atoms. The number of rotatable bonds is 5. The second-order valence-corrected chi connectivity index (χ2v) is 8.03. The van der Waals surface area contributed by atoms with Gasteiger partial charge in [-0.1, -0.05) is 15.9 Å². The average Bonchev–Trinajstić information content (AvgIpc) is 2.42. The molecule has 10 heteroatoms. The predicted molar refractivity (Wildman–Crippen MR) is 87.4 cm³/mol. The van der Waals surface area contributed by atoms with Gasteiger partial charge < -0.3 is 18.9 Å². The summed E-state index contributed by atoms with van der Waals surface area (Å²) in [4.78, 5) is 45.3. The molecule has 5 atom stereocenters. The van der Waals surface area contributed by atoms with Crippen molar-refractivity contribution in [1.82, 2.24) is 0 Å². The second-order valence-electron chi connectivity index (χ2n) is 5.05. The summed E-state index contributed by atoms with van der Waals surface area (Å²) >= 11 is 4.62. The van der Waals surface area contributed by atoms with Crippen molar-refractivity contribution >= 4 is 51.6 Å². The molecule has 0 aromatic rings. The van der Waals surface area contributed by atoms with Crippen molar-refractivity contribution in [3.63, 3.8) is 0 Å². The van der Waals surface area contributed by atoms with E-state index in [0.717, 1.165) is 0 Å². The van der Waals surface area contributed by atoms with Crippen LogP contribution in [0.5, 0.6) is 0 Å². The lowest BCUT2D eigenvalue weighted by atomic mass is 10.0. The van der Waals surface area contributed by atoms with Crippen molar-refractivity contribution in [2.75, 3.05) is 6.61 Å². The van der Waals surface area contributed by atoms with Gasteiger partial charge in [-0.2, -0.15) is 0 Å². The molecule has 1 rings (SSSR count). The Bertz CT molecular complexity index is 511. The molecule has 0 saturated carbocycles. The Morgan fingerprint density at radius 2 is 1.25 bits per heavy atom. The number of thioether (sulfide) groups is 1. The van der Waals surface area contributed by atoms with Gasteiger partial charge in [0.25, 0.3) is 0 Å². The van der Waals surface area contributed by atoms with Crippen LogP contribution in [0, 0.1) is 0 Å². The van der Waals surface area contributed by atoms with Crippen molar-refractivity contribution in [2.45, 2.75) is 55.4 Å². The van der Waals surface area contributed by atoms with Gasteiger partial charge in [-0.05, 0) is 0 Å². The average molecular weight is 427 g/mol. The third-order valence-electron chi connectivity index (χ3n) is 2.93. The zero-order valence-electron chi connectivity index (χ0n) is 13.6. The molecule has 0 aromatic heterocycles. The van der Waals surface area contributed by atoms with Crippen LogP contribution in [0.4, 0.5) is 0 Å². The highest BCUT2D eigenvalue weighted by molar-refractivity contribution is 9.11. The molecule has 0 radical (unpaired) electrons. The number of halogens is 1. The monoisotopic (exact) mass is 426 g/mol. The Hall–Kier alpha value is -1.29. The number of hydrogen-bond donors (Lipinski definition) is 0. The van der Waals surface area contributed by atoms with Crippen LogP contribution in [0.2, 0.25) is 0 Å². The lowest BCUT2D eigenvalue weighted by Gasteiger charge is -2.42. The van der Waals surface area contributed by atoms with Crippen molar-refractivity contribution < 1.29 is 38.1 Å². The quantitative estimate of drug-likeness (QED) is 0.363. The van der Waals surface area contributed by atoms with Gasteiger partial charge in [0.15, 0.2) is 18.3 Å². The molecule has 0 bridgehead atoms. The molecule has 0 N–H and O–H groups in total. The Balaban J connectivity index is 3.11. The van der Waals surface area contributed by atoms with Crippen molar-refractivity contribution in [3.8, 4) is 0 Å². The summed E-state index contributed by atoms with van der Waals surface area (Å²) in [6.07, 6.45) is -2.83. The lowest BCUT2D eigenvalue weighted by Crippen LogP contribution is -2.57. The van der Waals surface area contributed by atoms with E-state index in [1.807, 2.05) is 0 Å². The molecule has 136 valence electrons. The van der Waals surface area contributed by atoms with Gasteiger partial charge in [0, 0.05) is 27.7 Å². The van der Waals surface area contributed by atoms with Crippen LogP contribution in [-0.2, 0) is 38.1 Å². The van der Waals surface area contributed by atoms with Crippen molar-refractivity contribution in [1.29, 1.82) is 0 Å². The minimum absolute atomic E-state index is 0.0510. The third kappa shape index (κ3) is 6.31. The first-order valence-corrected chi connectivity index (χ1v) is 8.92. The van der Waals surface area contributed by atoms with Crippen molar-refractivity contribution in [2.24, 2.45) is 0 Å². The summed E-state index contributed by atoms with van der Waals surface area (Å²) in [5, 5.41) is -0.502. The topological polar surface area (TPSA) is 105 Å². The maximum atomic E-state index is 11.4. The molecule has 0 aliphatic carbocycles. The van der Waals surface area contributed by atoms with Gasteiger partial charge in [-0.15, -0.1) is 11.8 Å². The third-order valence-corrected chi connectivity index (χ3v) is 5.38. The number of alkyl halides is 1. The van der Waals surface area contributed by atoms with Crippen molar-refractivity contribution in [3.05, 3.63) is 0 Å². The number of carbonyl (C=O) groups is 4. The summed E-state index contributed by atoms with van der Waals surface area (Å²) in [7, 11) is 0. The zero-order valence-corrected chi connectivity index (χ0v) is 16.0. The summed E-state index contributed by atoms with van der Waals surface area (Å²) in [5.74, 6) is -2.27. The molecule has 0 aromatic carbocycles. The summed E-state index contributed by atoms with van der Waals surface area (Å²) in [6.45, 7) is 4.83. The van der Waals surface area contributed by atoms with E-state index in [1.54, 1.807) is 0 Å². The van der Waals surface area contributed by atoms with Crippen LogP contribution in [0.1, 0.15) is 27.7 Å². The Morgan fingerprint density at radius 1 is 0.792 bits per heavy atom. The minimum atomic E-state index is -1.03. The first-order chi connectivity index (χ1) is 11.1. The smallest absolute Gasteiger partial charge is 0.303 e. The van der Waals surface area contributed by atoms with Crippen LogP contribution >= 0.6 is 27.7 Å². The van der Waals surface area contributed by atoms with Gasteiger partial charge in [0.05, 0.1) is 5.25 Å². The maximum Gasteiger partial charge on any atom is 0.303 e. The van der Waals surface area contributed by atoms with Gasteiger partial charge in [0.1, 0.15) is 10.8 Å². The van der Waals surface area contributed by atoms with E-state index < -0.39 is 51.6 Å². The largest absolute Gasteiger partial charge is 0.465 e. The fraction of sp³-hybridized carbons (Fsp3) is 0.714. The summed E-state index contributed by atoms with van der Waals surface area (Å²) in [6, 6.07) is 0. The highest BCUT2D eigenvalue weighted by Gasteiger charge is 2.50. The number of carbonyl (C=O) groups excluding carboxylic acids is 4. The lowest BCUT2D eigenvalue weighted by molar-refractivity contribution is -0.183. The molecule has 0 amide bonds. The Kier molecular flexibility index (Phi) is 8.01. The standard InChI is InChI=1S/C14H19BrO8S/c1-6(16)20-5-10-11(21-7(2)17)12(22-8(3)18)13(14(15)24-10)23-9(4)19/h10-14H,5H2,1-4H3/t10-,11-,12+,13+,14+/m1/s1. The number of esters is 4. The SMILES string of the molecule is CC(=O)OC[C@H]1S[C@H](Br)[C@@H](OC(C)=O)[C@@H](OC(C)=O)[C@@H]1OC(C)=O. The van der Waals surface area contributed by atoms with Crippen LogP contribution in [0.3, 0.4) is 0 Å². The first kappa shape index (κ1) is 20.8. The normalized spacial score (nSPS) is 29.3. The van der Waals surface area contributed by atoms with E-state index in [2.05, 4.69) is 15.9 Å². The number of hydrogen-bond acceptors (Lipinski definition) is 9. The molecular weight excluding hydrogens is 408 g/mol. The van der Waals surface area contributed by atoms with E-state index in [-0.39, 0.29) is 6.61 Å². The fourth-order valence-corrected chi connectivity index (χ4v) is 4.63. The van der Waals surface area contributed by atoms with E-state index in [4.69, 9.17) is 18.9 Å². The molecule has 1 fully saturated rings. The molecule has 1 saturated heterocycles. The van der Waals surface area contributed by atoms with Crippen LogP contribution in [0.15, 0.2) is 0 Å². The first-order valence-electron chi connectivity index (χ1n) is 7.06. The fourth-order valence-electron chi connectivity index (χ4n) is 2.18. The van der Waals surface area contributed by atoms with Gasteiger partial charge in [-0.25, -0.2) is 0 Å². The van der Waals surface area contributed by atoms with Gasteiger partial charge in [0.2, 0.25) is 0 Å².